The second-order valence-corrected chi connectivity index (χ2v) is 5.21. The number of nitrogens with zero attached hydrogens (tertiary/aromatic N) is 2. The van der Waals surface area contributed by atoms with E-state index in [4.69, 9.17) is 4.74 Å². The van der Waals surface area contributed by atoms with Gasteiger partial charge >= 0.3 is 5.97 Å². The highest BCUT2D eigenvalue weighted by atomic mass is 16.5. The fourth-order valence-corrected chi connectivity index (χ4v) is 2.33. The molecule has 0 aliphatic carbocycles. The number of ether oxygens (including phenoxy) is 1. The number of likely N-dealkylation sites (N-methyl/N-ethyl adjacent to an activating group) is 1. The van der Waals surface area contributed by atoms with Crippen LogP contribution in [0.2, 0.25) is 0 Å². The van der Waals surface area contributed by atoms with E-state index in [1.54, 1.807) is 0 Å². The molecule has 0 radical (unpaired) electrons. The highest BCUT2D eigenvalue weighted by Gasteiger charge is 2.15. The summed E-state index contributed by atoms with van der Waals surface area (Å²) in [5, 5.41) is 0. The molecular formula is C15H22N2O2. The van der Waals surface area contributed by atoms with Crippen molar-refractivity contribution >= 4 is 5.97 Å². The molecule has 0 unspecified atom stereocenters. The smallest absolute Gasteiger partial charge is 0.337 e. The van der Waals surface area contributed by atoms with E-state index in [1.807, 2.05) is 18.2 Å². The van der Waals surface area contributed by atoms with E-state index in [1.165, 1.54) is 18.2 Å². The Morgan fingerprint density at radius 1 is 1.26 bits per heavy atom. The number of methoxy groups -OCH3 is 1. The Morgan fingerprint density at radius 2 is 1.95 bits per heavy atom. The van der Waals surface area contributed by atoms with Crippen molar-refractivity contribution in [2.75, 3.05) is 40.3 Å². The lowest BCUT2D eigenvalue weighted by Crippen LogP contribution is -2.44. The highest BCUT2D eigenvalue weighted by molar-refractivity contribution is 5.89. The highest BCUT2D eigenvalue weighted by Crippen LogP contribution is 2.15. The molecule has 0 aromatic heterocycles. The number of rotatable bonds is 3. The Bertz CT molecular complexity index is 451. The van der Waals surface area contributed by atoms with Gasteiger partial charge in [-0.1, -0.05) is 6.07 Å². The molecule has 4 heteroatoms. The zero-order valence-electron chi connectivity index (χ0n) is 12.0. The van der Waals surface area contributed by atoms with Crippen molar-refractivity contribution in [3.05, 3.63) is 34.9 Å². The van der Waals surface area contributed by atoms with Crippen LogP contribution in [0.5, 0.6) is 0 Å². The fourth-order valence-electron chi connectivity index (χ4n) is 2.33. The molecule has 104 valence electrons. The third-order valence-corrected chi connectivity index (χ3v) is 3.76. The first-order chi connectivity index (χ1) is 9.10. The Kier molecular flexibility index (Phi) is 4.56. The number of carbonyl (C=O) groups is 1. The Balaban J connectivity index is 2.08. The number of carbonyl (C=O) groups excluding carboxylic acids is 1. The van der Waals surface area contributed by atoms with Gasteiger partial charge in [0.2, 0.25) is 0 Å². The summed E-state index contributed by atoms with van der Waals surface area (Å²) in [4.78, 5) is 16.3. The molecule has 1 saturated heterocycles. The summed E-state index contributed by atoms with van der Waals surface area (Å²) in [5.74, 6) is -0.264. The lowest BCUT2D eigenvalue weighted by atomic mass is 10.0. The van der Waals surface area contributed by atoms with E-state index in [0.717, 1.165) is 32.7 Å². The van der Waals surface area contributed by atoms with Crippen molar-refractivity contribution in [3.8, 4) is 0 Å². The molecule has 0 atom stereocenters. The van der Waals surface area contributed by atoms with Gasteiger partial charge in [0.25, 0.3) is 0 Å². The summed E-state index contributed by atoms with van der Waals surface area (Å²) in [5.41, 5.74) is 3.08. The fraction of sp³-hybridized carbons (Fsp3) is 0.533. The molecule has 1 fully saturated rings. The number of benzene rings is 1. The first-order valence-electron chi connectivity index (χ1n) is 6.69. The van der Waals surface area contributed by atoms with Crippen LogP contribution in [0.4, 0.5) is 0 Å². The molecule has 2 rings (SSSR count). The SMILES string of the molecule is COC(=O)c1ccc(C)c(CN2CCN(C)CC2)c1. The third-order valence-electron chi connectivity index (χ3n) is 3.76. The monoisotopic (exact) mass is 262 g/mol. The molecule has 19 heavy (non-hydrogen) atoms. The number of hydrogen-bond acceptors (Lipinski definition) is 4. The molecule has 1 aliphatic heterocycles. The normalized spacial score (nSPS) is 17.4. The van der Waals surface area contributed by atoms with Gasteiger partial charge in [-0.2, -0.15) is 0 Å². The maximum absolute atomic E-state index is 11.6. The lowest BCUT2D eigenvalue weighted by molar-refractivity contribution is 0.0600. The van der Waals surface area contributed by atoms with Gasteiger partial charge in [-0.15, -0.1) is 0 Å². The van der Waals surface area contributed by atoms with Crippen molar-refractivity contribution in [3.63, 3.8) is 0 Å². The predicted molar refractivity (Wildman–Crippen MR) is 75.3 cm³/mol. The van der Waals surface area contributed by atoms with Crippen molar-refractivity contribution in [1.29, 1.82) is 0 Å². The first kappa shape index (κ1) is 14.0. The Labute approximate surface area is 115 Å². The summed E-state index contributed by atoms with van der Waals surface area (Å²) in [6.07, 6.45) is 0. The molecule has 4 nitrogen and oxygen atoms in total. The van der Waals surface area contributed by atoms with Gasteiger partial charge in [-0.25, -0.2) is 4.79 Å². The van der Waals surface area contributed by atoms with Crippen LogP contribution in [0.25, 0.3) is 0 Å². The van der Waals surface area contributed by atoms with Crippen LogP contribution in [-0.4, -0.2) is 56.1 Å². The zero-order valence-corrected chi connectivity index (χ0v) is 12.0. The first-order valence-corrected chi connectivity index (χ1v) is 6.69. The Morgan fingerprint density at radius 3 is 2.58 bits per heavy atom. The van der Waals surface area contributed by atoms with E-state index in [0.29, 0.717) is 5.56 Å². The van der Waals surface area contributed by atoms with Crippen LogP contribution >= 0.6 is 0 Å². The lowest BCUT2D eigenvalue weighted by Gasteiger charge is -2.32. The number of aryl methyl sites for hydroxylation is 1. The third kappa shape index (κ3) is 3.55. The van der Waals surface area contributed by atoms with Crippen LogP contribution < -0.4 is 0 Å². The molecule has 0 bridgehead atoms. The van der Waals surface area contributed by atoms with E-state index in [-0.39, 0.29) is 5.97 Å². The van der Waals surface area contributed by atoms with Gasteiger partial charge in [0.15, 0.2) is 0 Å². The number of piperazine rings is 1. The van der Waals surface area contributed by atoms with E-state index >= 15 is 0 Å². The van der Waals surface area contributed by atoms with Gasteiger partial charge in [-0.3, -0.25) is 4.90 Å². The topological polar surface area (TPSA) is 32.8 Å². The largest absolute Gasteiger partial charge is 0.465 e. The summed E-state index contributed by atoms with van der Waals surface area (Å²) in [6.45, 7) is 7.37. The van der Waals surface area contributed by atoms with Crippen LogP contribution in [0.15, 0.2) is 18.2 Å². The molecule has 1 aromatic rings. The van der Waals surface area contributed by atoms with Crippen molar-refractivity contribution in [2.24, 2.45) is 0 Å². The minimum Gasteiger partial charge on any atom is -0.465 e. The molecule has 1 aromatic carbocycles. The maximum atomic E-state index is 11.6. The Hall–Kier alpha value is -1.39. The van der Waals surface area contributed by atoms with Crippen molar-refractivity contribution < 1.29 is 9.53 Å². The molecule has 0 spiro atoms. The average Bonchev–Trinajstić information content (AvgIpc) is 2.43. The van der Waals surface area contributed by atoms with Gasteiger partial charge in [0, 0.05) is 32.7 Å². The van der Waals surface area contributed by atoms with Crippen molar-refractivity contribution in [2.45, 2.75) is 13.5 Å². The predicted octanol–water partition coefficient (Wildman–Crippen LogP) is 1.53. The zero-order chi connectivity index (χ0) is 13.8. The minimum absolute atomic E-state index is 0.264. The van der Waals surface area contributed by atoms with Gasteiger partial charge in [-0.05, 0) is 37.2 Å². The quantitative estimate of drug-likeness (QED) is 0.773. The number of hydrogen-bond donors (Lipinski definition) is 0. The van der Waals surface area contributed by atoms with E-state index in [9.17, 15) is 4.79 Å². The maximum Gasteiger partial charge on any atom is 0.337 e. The van der Waals surface area contributed by atoms with Gasteiger partial charge < -0.3 is 9.64 Å². The van der Waals surface area contributed by atoms with Crippen LogP contribution in [0.1, 0.15) is 21.5 Å². The minimum atomic E-state index is -0.264. The van der Waals surface area contributed by atoms with Gasteiger partial charge in [0.1, 0.15) is 0 Å². The average molecular weight is 262 g/mol. The number of esters is 1. The van der Waals surface area contributed by atoms with Crippen molar-refractivity contribution in [1.82, 2.24) is 9.80 Å². The second-order valence-electron chi connectivity index (χ2n) is 5.21. The van der Waals surface area contributed by atoms with Gasteiger partial charge in [0.05, 0.1) is 12.7 Å². The molecular weight excluding hydrogens is 240 g/mol. The summed E-state index contributed by atoms with van der Waals surface area (Å²) in [6, 6.07) is 5.78. The van der Waals surface area contributed by atoms with Crippen LogP contribution in [0, 0.1) is 6.92 Å². The molecule has 1 heterocycles. The summed E-state index contributed by atoms with van der Waals surface area (Å²) in [7, 11) is 3.57. The summed E-state index contributed by atoms with van der Waals surface area (Å²) < 4.78 is 4.78. The van der Waals surface area contributed by atoms with Crippen LogP contribution in [0.3, 0.4) is 0 Å². The van der Waals surface area contributed by atoms with E-state index in [2.05, 4.69) is 23.8 Å². The van der Waals surface area contributed by atoms with Crippen LogP contribution in [-0.2, 0) is 11.3 Å². The molecule has 0 saturated carbocycles. The second kappa shape index (κ2) is 6.17. The molecule has 1 aliphatic rings. The van der Waals surface area contributed by atoms with E-state index < -0.39 is 0 Å². The standard InChI is InChI=1S/C15H22N2O2/c1-12-4-5-13(15(18)19-3)10-14(12)11-17-8-6-16(2)7-9-17/h4-5,10H,6-9,11H2,1-3H3. The molecule has 0 N–H and O–H groups in total. The summed E-state index contributed by atoms with van der Waals surface area (Å²) >= 11 is 0. The molecule has 0 amide bonds.